The van der Waals surface area contributed by atoms with Gasteiger partial charge in [-0.1, -0.05) is 68.4 Å². The SMILES string of the molecule is CC.CC(C)n1c2ccccc2c2[nH]ncc21.CC(C)n1c2ccccc2c2ccccc21. The van der Waals surface area contributed by atoms with Crippen molar-refractivity contribution in [3.8, 4) is 0 Å². The quantitative estimate of drug-likeness (QED) is 0.289. The van der Waals surface area contributed by atoms with E-state index in [1.54, 1.807) is 0 Å². The van der Waals surface area contributed by atoms with Gasteiger partial charge in [-0.3, -0.25) is 5.10 Å². The number of fused-ring (bicyclic) bond motifs is 6. The second-order valence-corrected chi connectivity index (χ2v) is 8.61. The number of aromatic nitrogens is 4. The van der Waals surface area contributed by atoms with Crippen LogP contribution in [0.5, 0.6) is 0 Å². The zero-order valence-electron chi connectivity index (χ0n) is 20.5. The Morgan fingerprint density at radius 1 is 0.576 bits per heavy atom. The number of hydrogen-bond donors (Lipinski definition) is 1. The predicted molar refractivity (Wildman–Crippen MR) is 143 cm³/mol. The zero-order chi connectivity index (χ0) is 23.5. The van der Waals surface area contributed by atoms with Crippen molar-refractivity contribution in [2.45, 2.75) is 53.6 Å². The molecule has 4 heteroatoms. The van der Waals surface area contributed by atoms with Crippen molar-refractivity contribution in [1.82, 2.24) is 19.3 Å². The van der Waals surface area contributed by atoms with Gasteiger partial charge in [0, 0.05) is 39.3 Å². The van der Waals surface area contributed by atoms with Crippen molar-refractivity contribution >= 4 is 43.7 Å². The summed E-state index contributed by atoms with van der Waals surface area (Å²) in [6.07, 6.45) is 1.90. The summed E-state index contributed by atoms with van der Waals surface area (Å²) in [5.74, 6) is 0. The molecule has 4 nitrogen and oxygen atoms in total. The van der Waals surface area contributed by atoms with E-state index in [0.29, 0.717) is 12.1 Å². The summed E-state index contributed by atoms with van der Waals surface area (Å²) in [5.41, 5.74) is 6.26. The smallest absolute Gasteiger partial charge is 0.0908 e. The molecule has 0 amide bonds. The second kappa shape index (κ2) is 9.53. The molecule has 170 valence electrons. The molecule has 6 rings (SSSR count). The van der Waals surface area contributed by atoms with Crippen LogP contribution in [0.2, 0.25) is 0 Å². The maximum absolute atomic E-state index is 4.11. The normalized spacial score (nSPS) is 11.3. The fraction of sp³-hybridized carbons (Fsp3) is 0.276. The first-order valence-electron chi connectivity index (χ1n) is 12.0. The van der Waals surface area contributed by atoms with Crippen LogP contribution in [0.1, 0.15) is 53.6 Å². The topological polar surface area (TPSA) is 38.5 Å². The van der Waals surface area contributed by atoms with E-state index < -0.39 is 0 Å². The molecule has 0 radical (unpaired) electrons. The highest BCUT2D eigenvalue weighted by Crippen LogP contribution is 2.31. The Labute approximate surface area is 195 Å². The van der Waals surface area contributed by atoms with Crippen LogP contribution in [0, 0.1) is 0 Å². The third kappa shape index (κ3) is 3.91. The summed E-state index contributed by atoms with van der Waals surface area (Å²) in [6, 6.07) is 26.6. The Morgan fingerprint density at radius 3 is 1.45 bits per heavy atom. The van der Waals surface area contributed by atoms with Gasteiger partial charge >= 0.3 is 0 Å². The number of aromatic amines is 1. The molecule has 3 aromatic heterocycles. The van der Waals surface area contributed by atoms with Crippen LogP contribution in [0.15, 0.2) is 79.0 Å². The molecule has 0 aliphatic carbocycles. The number of hydrogen-bond acceptors (Lipinski definition) is 1. The summed E-state index contributed by atoms with van der Waals surface area (Å²) in [7, 11) is 0. The van der Waals surface area contributed by atoms with Crippen LogP contribution < -0.4 is 0 Å². The number of nitrogens with one attached hydrogen (secondary N) is 1. The molecular weight excluding hydrogens is 404 g/mol. The maximum Gasteiger partial charge on any atom is 0.0908 e. The lowest BCUT2D eigenvalue weighted by molar-refractivity contribution is 0.642. The molecule has 0 fully saturated rings. The number of para-hydroxylation sites is 3. The lowest BCUT2D eigenvalue weighted by Gasteiger charge is -2.10. The molecule has 0 spiro atoms. The number of benzene rings is 3. The minimum atomic E-state index is 0.449. The van der Waals surface area contributed by atoms with E-state index in [2.05, 4.69) is 120 Å². The van der Waals surface area contributed by atoms with Gasteiger partial charge in [-0.25, -0.2) is 0 Å². The predicted octanol–water partition coefficient (Wildman–Crippen LogP) is 8.50. The largest absolute Gasteiger partial charge is 0.338 e. The van der Waals surface area contributed by atoms with E-state index in [1.807, 2.05) is 20.0 Å². The molecule has 1 N–H and O–H groups in total. The van der Waals surface area contributed by atoms with Crippen molar-refractivity contribution in [3.63, 3.8) is 0 Å². The van der Waals surface area contributed by atoms with Crippen LogP contribution >= 0.6 is 0 Å². The van der Waals surface area contributed by atoms with Crippen molar-refractivity contribution < 1.29 is 0 Å². The van der Waals surface area contributed by atoms with E-state index in [0.717, 1.165) is 5.52 Å². The minimum Gasteiger partial charge on any atom is -0.338 e. The molecule has 3 heterocycles. The van der Waals surface area contributed by atoms with Crippen molar-refractivity contribution in [2.24, 2.45) is 0 Å². The average molecular weight is 439 g/mol. The Hall–Kier alpha value is -3.53. The van der Waals surface area contributed by atoms with Gasteiger partial charge in [0.1, 0.15) is 0 Å². The molecule has 33 heavy (non-hydrogen) atoms. The molecule has 0 atom stereocenters. The maximum atomic E-state index is 4.11. The molecule has 0 saturated carbocycles. The summed E-state index contributed by atoms with van der Waals surface area (Å²) in [6.45, 7) is 12.9. The second-order valence-electron chi connectivity index (χ2n) is 8.61. The van der Waals surface area contributed by atoms with E-state index in [-0.39, 0.29) is 0 Å². The van der Waals surface area contributed by atoms with Crippen LogP contribution in [-0.4, -0.2) is 19.3 Å². The molecule has 3 aromatic carbocycles. The van der Waals surface area contributed by atoms with Gasteiger partial charge < -0.3 is 9.13 Å². The number of nitrogens with zero attached hydrogens (tertiary/aromatic N) is 3. The van der Waals surface area contributed by atoms with Crippen LogP contribution in [0.4, 0.5) is 0 Å². The van der Waals surface area contributed by atoms with Crippen molar-refractivity contribution in [1.29, 1.82) is 0 Å². The average Bonchev–Trinajstić information content (AvgIpc) is 3.51. The first kappa shape index (κ1) is 22.7. The molecular formula is C29H34N4. The summed E-state index contributed by atoms with van der Waals surface area (Å²) >= 11 is 0. The van der Waals surface area contributed by atoms with Crippen molar-refractivity contribution in [3.05, 3.63) is 79.0 Å². The Balaban J connectivity index is 0.000000147. The van der Waals surface area contributed by atoms with Gasteiger partial charge in [0.25, 0.3) is 0 Å². The lowest BCUT2D eigenvalue weighted by atomic mass is 10.2. The van der Waals surface area contributed by atoms with Gasteiger partial charge in [0.05, 0.1) is 22.7 Å². The molecule has 0 bridgehead atoms. The Morgan fingerprint density at radius 2 is 0.970 bits per heavy atom. The minimum absolute atomic E-state index is 0.449. The van der Waals surface area contributed by atoms with Gasteiger partial charge in [-0.15, -0.1) is 0 Å². The monoisotopic (exact) mass is 438 g/mol. The van der Waals surface area contributed by atoms with Gasteiger partial charge in [-0.05, 0) is 45.9 Å². The highest BCUT2D eigenvalue weighted by Gasteiger charge is 2.13. The summed E-state index contributed by atoms with van der Waals surface area (Å²) in [5, 5.41) is 11.1. The zero-order valence-corrected chi connectivity index (χ0v) is 20.5. The number of rotatable bonds is 2. The fourth-order valence-corrected chi connectivity index (χ4v) is 4.75. The molecule has 0 aliphatic heterocycles. The van der Waals surface area contributed by atoms with E-state index in [9.17, 15) is 0 Å². The first-order valence-corrected chi connectivity index (χ1v) is 12.0. The van der Waals surface area contributed by atoms with Gasteiger partial charge in [-0.2, -0.15) is 5.10 Å². The molecule has 6 aromatic rings. The van der Waals surface area contributed by atoms with E-state index in [4.69, 9.17) is 0 Å². The Kier molecular flexibility index (Phi) is 6.55. The van der Waals surface area contributed by atoms with Crippen LogP contribution in [0.25, 0.3) is 43.7 Å². The fourth-order valence-electron chi connectivity index (χ4n) is 4.75. The highest BCUT2D eigenvalue weighted by molar-refractivity contribution is 6.08. The van der Waals surface area contributed by atoms with E-state index in [1.165, 1.54) is 38.2 Å². The third-order valence-corrected chi connectivity index (χ3v) is 5.96. The van der Waals surface area contributed by atoms with Crippen molar-refractivity contribution in [2.75, 3.05) is 0 Å². The third-order valence-electron chi connectivity index (χ3n) is 5.96. The molecule has 0 unspecified atom stereocenters. The Bertz CT molecular complexity index is 1440. The summed E-state index contributed by atoms with van der Waals surface area (Å²) in [4.78, 5) is 0. The van der Waals surface area contributed by atoms with Gasteiger partial charge in [0.15, 0.2) is 0 Å². The summed E-state index contributed by atoms with van der Waals surface area (Å²) < 4.78 is 4.72. The standard InChI is InChI=1S/C15H15N.C12H13N3.C2H6/c1-11(2)16-14-9-5-3-7-12(14)13-8-4-6-10-15(13)16;1-8(2)15-10-6-4-3-5-9(10)12-11(15)7-13-14-12;1-2/h3-11H,1-2H3;3-8H,1-2H3,(H,13,14);1-2H3. The van der Waals surface area contributed by atoms with E-state index >= 15 is 0 Å². The van der Waals surface area contributed by atoms with Gasteiger partial charge in [0.2, 0.25) is 0 Å². The number of H-pyrrole nitrogens is 1. The van der Waals surface area contributed by atoms with Crippen LogP contribution in [0.3, 0.4) is 0 Å². The molecule has 0 aliphatic rings. The highest BCUT2D eigenvalue weighted by atomic mass is 15.1. The first-order chi connectivity index (χ1) is 16.1. The lowest BCUT2D eigenvalue weighted by Crippen LogP contribution is -1.99. The molecule has 0 saturated heterocycles. The van der Waals surface area contributed by atoms with Crippen LogP contribution in [-0.2, 0) is 0 Å².